The number of hydrogen-bond acceptors (Lipinski definition) is 4. The molecule has 4 heteroatoms. The van der Waals surface area contributed by atoms with Gasteiger partial charge in [-0.3, -0.25) is 0 Å². The van der Waals surface area contributed by atoms with Gasteiger partial charge in [0.25, 0.3) is 0 Å². The minimum Gasteiger partial charge on any atom is -0.497 e. The molecule has 0 unspecified atom stereocenters. The number of rotatable bonds is 5. The van der Waals surface area contributed by atoms with E-state index in [9.17, 15) is 0 Å². The summed E-state index contributed by atoms with van der Waals surface area (Å²) in [7, 11) is 3.48. The third-order valence-corrected chi connectivity index (χ3v) is 2.56. The molecule has 0 amide bonds. The lowest BCUT2D eigenvalue weighted by Gasteiger charge is -2.10. The van der Waals surface area contributed by atoms with Gasteiger partial charge in [-0.05, 0) is 18.2 Å². The van der Waals surface area contributed by atoms with Crippen molar-refractivity contribution >= 4 is 5.82 Å². The van der Waals surface area contributed by atoms with Gasteiger partial charge in [0, 0.05) is 24.9 Å². The second-order valence-electron chi connectivity index (χ2n) is 3.73. The average molecular weight is 244 g/mol. The van der Waals surface area contributed by atoms with Gasteiger partial charge in [-0.2, -0.15) is 0 Å². The fourth-order valence-corrected chi connectivity index (χ4v) is 1.63. The lowest BCUT2D eigenvalue weighted by molar-refractivity contribution is 0.304. The maximum atomic E-state index is 5.72. The molecule has 0 fully saturated rings. The minimum atomic E-state index is 0.469. The number of anilines is 1. The van der Waals surface area contributed by atoms with E-state index in [1.807, 2.05) is 43.4 Å². The summed E-state index contributed by atoms with van der Waals surface area (Å²) in [6.07, 6.45) is 1.75. The highest BCUT2D eigenvalue weighted by Gasteiger charge is 2.03. The predicted molar refractivity (Wildman–Crippen MR) is 71.1 cm³/mol. The number of nitrogens with one attached hydrogen (secondary N) is 1. The Morgan fingerprint density at radius 2 is 2.00 bits per heavy atom. The largest absolute Gasteiger partial charge is 0.497 e. The van der Waals surface area contributed by atoms with Crippen LogP contribution in [-0.4, -0.2) is 19.1 Å². The molecule has 94 valence electrons. The first-order valence-corrected chi connectivity index (χ1v) is 5.72. The molecule has 0 aliphatic heterocycles. The van der Waals surface area contributed by atoms with Crippen LogP contribution in [0, 0.1) is 0 Å². The topological polar surface area (TPSA) is 43.4 Å². The van der Waals surface area contributed by atoms with E-state index < -0.39 is 0 Å². The molecule has 4 nitrogen and oxygen atoms in total. The molecule has 1 N–H and O–H groups in total. The second-order valence-corrected chi connectivity index (χ2v) is 3.73. The molecule has 0 atom stereocenters. The Balaban J connectivity index is 2.06. The number of nitrogens with zero attached hydrogens (tertiary/aromatic N) is 1. The molecule has 0 saturated heterocycles. The molecule has 18 heavy (non-hydrogen) atoms. The monoisotopic (exact) mass is 244 g/mol. The SMILES string of the molecule is CNc1ncccc1COc1cccc(OC)c1. The average Bonchev–Trinajstić information content (AvgIpc) is 2.45. The van der Waals surface area contributed by atoms with Crippen LogP contribution in [0.15, 0.2) is 42.6 Å². The summed E-state index contributed by atoms with van der Waals surface area (Å²) < 4.78 is 10.9. The van der Waals surface area contributed by atoms with Gasteiger partial charge in [0.15, 0.2) is 0 Å². The van der Waals surface area contributed by atoms with E-state index >= 15 is 0 Å². The fourth-order valence-electron chi connectivity index (χ4n) is 1.63. The summed E-state index contributed by atoms with van der Waals surface area (Å²) in [6.45, 7) is 0.469. The maximum absolute atomic E-state index is 5.72. The molecule has 0 spiro atoms. The van der Waals surface area contributed by atoms with Crippen LogP contribution >= 0.6 is 0 Å². The van der Waals surface area contributed by atoms with Gasteiger partial charge >= 0.3 is 0 Å². The van der Waals surface area contributed by atoms with E-state index in [2.05, 4.69) is 10.3 Å². The lowest BCUT2D eigenvalue weighted by Crippen LogP contribution is -2.02. The van der Waals surface area contributed by atoms with E-state index in [1.165, 1.54) is 0 Å². The Kier molecular flexibility index (Phi) is 4.02. The highest BCUT2D eigenvalue weighted by molar-refractivity contribution is 5.43. The van der Waals surface area contributed by atoms with Crippen molar-refractivity contribution in [3.8, 4) is 11.5 Å². The first-order valence-electron chi connectivity index (χ1n) is 5.72. The predicted octanol–water partition coefficient (Wildman–Crippen LogP) is 2.71. The maximum Gasteiger partial charge on any atom is 0.132 e. The lowest BCUT2D eigenvalue weighted by atomic mass is 10.2. The van der Waals surface area contributed by atoms with Crippen molar-refractivity contribution in [1.82, 2.24) is 4.98 Å². The molecule has 1 aromatic heterocycles. The second kappa shape index (κ2) is 5.91. The standard InChI is InChI=1S/C14H16N2O2/c1-15-14-11(5-4-8-16-14)10-18-13-7-3-6-12(9-13)17-2/h3-9H,10H2,1-2H3,(H,15,16). The van der Waals surface area contributed by atoms with Gasteiger partial charge in [0.1, 0.15) is 23.9 Å². The third-order valence-electron chi connectivity index (χ3n) is 2.56. The number of methoxy groups -OCH3 is 1. The zero-order chi connectivity index (χ0) is 12.8. The van der Waals surface area contributed by atoms with E-state index in [-0.39, 0.29) is 0 Å². The van der Waals surface area contributed by atoms with Crippen molar-refractivity contribution in [2.24, 2.45) is 0 Å². The summed E-state index contributed by atoms with van der Waals surface area (Å²) >= 11 is 0. The normalized spacial score (nSPS) is 9.89. The molecule has 0 bridgehead atoms. The number of hydrogen-bond donors (Lipinski definition) is 1. The van der Waals surface area contributed by atoms with Crippen molar-refractivity contribution in [1.29, 1.82) is 0 Å². The van der Waals surface area contributed by atoms with Crippen LogP contribution in [0.2, 0.25) is 0 Å². The van der Waals surface area contributed by atoms with E-state index in [0.717, 1.165) is 22.9 Å². The van der Waals surface area contributed by atoms with Crippen molar-refractivity contribution in [2.45, 2.75) is 6.61 Å². The van der Waals surface area contributed by atoms with Gasteiger partial charge in [-0.1, -0.05) is 12.1 Å². The van der Waals surface area contributed by atoms with Gasteiger partial charge in [0.2, 0.25) is 0 Å². The molecule has 0 aliphatic rings. The molecule has 1 heterocycles. The van der Waals surface area contributed by atoms with Crippen LogP contribution in [0.4, 0.5) is 5.82 Å². The molecule has 0 radical (unpaired) electrons. The van der Waals surface area contributed by atoms with Crippen molar-refractivity contribution in [3.63, 3.8) is 0 Å². The fraction of sp³-hybridized carbons (Fsp3) is 0.214. The van der Waals surface area contributed by atoms with E-state index in [4.69, 9.17) is 9.47 Å². The number of pyridine rings is 1. The number of benzene rings is 1. The number of aromatic nitrogens is 1. The summed E-state index contributed by atoms with van der Waals surface area (Å²) in [6, 6.07) is 11.4. The Labute approximate surface area is 107 Å². The van der Waals surface area contributed by atoms with Crippen LogP contribution < -0.4 is 14.8 Å². The third kappa shape index (κ3) is 2.91. The summed E-state index contributed by atoms with van der Waals surface area (Å²) in [5.74, 6) is 2.40. The van der Waals surface area contributed by atoms with Gasteiger partial charge in [0.05, 0.1) is 7.11 Å². The minimum absolute atomic E-state index is 0.469. The Hall–Kier alpha value is -2.23. The summed E-state index contributed by atoms with van der Waals surface area (Å²) in [5.41, 5.74) is 1.02. The van der Waals surface area contributed by atoms with Crippen LogP contribution in [0.25, 0.3) is 0 Å². The number of ether oxygens (including phenoxy) is 2. The van der Waals surface area contributed by atoms with Crippen molar-refractivity contribution < 1.29 is 9.47 Å². The van der Waals surface area contributed by atoms with Gasteiger partial charge in [-0.25, -0.2) is 4.98 Å². The van der Waals surface area contributed by atoms with Crippen molar-refractivity contribution in [3.05, 3.63) is 48.2 Å². The molecule has 0 aliphatic carbocycles. The highest BCUT2D eigenvalue weighted by atomic mass is 16.5. The summed E-state index contributed by atoms with van der Waals surface area (Å²) in [5, 5.41) is 3.04. The van der Waals surface area contributed by atoms with E-state index in [1.54, 1.807) is 13.3 Å². The van der Waals surface area contributed by atoms with Crippen LogP contribution in [-0.2, 0) is 6.61 Å². The van der Waals surface area contributed by atoms with Crippen LogP contribution in [0.5, 0.6) is 11.5 Å². The van der Waals surface area contributed by atoms with Crippen LogP contribution in [0.3, 0.4) is 0 Å². The van der Waals surface area contributed by atoms with E-state index in [0.29, 0.717) is 6.61 Å². The molecular weight excluding hydrogens is 228 g/mol. The quantitative estimate of drug-likeness (QED) is 0.878. The Morgan fingerprint density at radius 3 is 2.78 bits per heavy atom. The molecule has 1 aromatic carbocycles. The van der Waals surface area contributed by atoms with Crippen LogP contribution in [0.1, 0.15) is 5.56 Å². The molecule has 2 aromatic rings. The first kappa shape index (κ1) is 12.2. The zero-order valence-electron chi connectivity index (χ0n) is 10.5. The zero-order valence-corrected chi connectivity index (χ0v) is 10.5. The van der Waals surface area contributed by atoms with Gasteiger partial charge < -0.3 is 14.8 Å². The smallest absolute Gasteiger partial charge is 0.132 e. The first-order chi connectivity index (χ1) is 8.83. The Morgan fingerprint density at radius 1 is 1.17 bits per heavy atom. The highest BCUT2D eigenvalue weighted by Crippen LogP contribution is 2.21. The molecular formula is C14H16N2O2. The molecule has 0 saturated carbocycles. The molecule has 2 rings (SSSR count). The van der Waals surface area contributed by atoms with Crippen molar-refractivity contribution in [2.75, 3.05) is 19.5 Å². The summed E-state index contributed by atoms with van der Waals surface area (Å²) in [4.78, 5) is 4.23. The van der Waals surface area contributed by atoms with Gasteiger partial charge in [-0.15, -0.1) is 0 Å². The Bertz CT molecular complexity index is 515.